The molecule has 2 aromatic heterocycles. The molecular weight excluding hydrogens is 830 g/mol. The molecule has 0 bridgehead atoms. The van der Waals surface area contributed by atoms with E-state index in [2.05, 4.69) is 16.9 Å². The Bertz CT molecular complexity index is 2320. The summed E-state index contributed by atoms with van der Waals surface area (Å²) < 4.78 is 78.2. The molecule has 334 valence electrons. The Hall–Kier alpha value is -5.26. The molecule has 2 aliphatic carbocycles. The van der Waals surface area contributed by atoms with Gasteiger partial charge < -0.3 is 24.6 Å². The molecule has 18 heteroatoms. The summed E-state index contributed by atoms with van der Waals surface area (Å²) >= 11 is 0. The summed E-state index contributed by atoms with van der Waals surface area (Å²) in [5, 5.41) is 3.48. The zero-order chi connectivity index (χ0) is 44.9. The number of carbonyl (C=O) groups is 4. The minimum Gasteiger partial charge on any atom is -0.496 e. The Morgan fingerprint density at radius 1 is 1.08 bits per heavy atom. The number of amides is 4. The highest BCUT2D eigenvalue weighted by Crippen LogP contribution is 2.48. The standard InChI is InChI=1S/C44H53F3N6O8S/c1-7-27-22-43(27,41(57)53(62(58)59)29-10-11-29)50-39(55)34-19-30(61-36-21-33(26-9-8-16-48-23-26)49-38-25(2)35(60-6)13-12-31(36)38)24-52(34)40(56)32(42(3,4)5)20-37(54)51-17-14-28(15-18-51)44(45,46)47/h7-9,12-13,16,21,23,27-30,32,34,62H,1,10-11,14-15,17-20,22,24H2,2-6H3,(H,50,55)/t27?,30-,32-,34+,43?/m1/s1. The molecule has 5 atom stereocenters. The number of hydrogen-bond acceptors (Lipinski definition) is 10. The van der Waals surface area contributed by atoms with Crippen molar-refractivity contribution in [2.24, 2.45) is 23.2 Å². The highest BCUT2D eigenvalue weighted by Gasteiger charge is 2.63. The minimum absolute atomic E-state index is 0.0420. The van der Waals surface area contributed by atoms with Gasteiger partial charge >= 0.3 is 6.18 Å². The molecule has 62 heavy (non-hydrogen) atoms. The summed E-state index contributed by atoms with van der Waals surface area (Å²) in [6.45, 7) is 10.7. The lowest BCUT2D eigenvalue weighted by Gasteiger charge is -2.37. The molecule has 2 unspecified atom stereocenters. The number of pyridine rings is 2. The molecule has 4 aliphatic rings. The molecule has 14 nitrogen and oxygen atoms in total. The van der Waals surface area contributed by atoms with Crippen LogP contribution >= 0.6 is 0 Å². The summed E-state index contributed by atoms with van der Waals surface area (Å²) in [6, 6.07) is 7.25. The van der Waals surface area contributed by atoms with Gasteiger partial charge in [0.05, 0.1) is 36.7 Å². The lowest BCUT2D eigenvalue weighted by atomic mass is 9.77. The first-order valence-corrected chi connectivity index (χ1v) is 22.0. The van der Waals surface area contributed by atoms with Gasteiger partial charge in [0.25, 0.3) is 5.91 Å². The van der Waals surface area contributed by atoms with Gasteiger partial charge in [-0.15, -0.1) is 6.58 Å². The number of nitrogens with one attached hydrogen (secondary N) is 1. The number of likely N-dealkylation sites (tertiary alicyclic amines) is 2. The van der Waals surface area contributed by atoms with Crippen molar-refractivity contribution in [3.05, 3.63) is 60.9 Å². The Kier molecular flexibility index (Phi) is 12.4. The SMILES string of the molecule is C=CC1CC1(NC(=O)[C@@H]1C[C@@H](Oc2cc(-c3cccnc3)nc3c(C)c(OC)ccc23)CN1C(=O)[C@@H](CC(=O)N1CCC(C(F)(F)F)CC1)C(C)(C)C)C(=O)N(C1CC1)[SH](=O)=O. The number of carbonyl (C=O) groups excluding carboxylic acids is 4. The molecule has 4 amide bonds. The lowest BCUT2D eigenvalue weighted by molar-refractivity contribution is -0.186. The van der Waals surface area contributed by atoms with E-state index in [1.54, 1.807) is 58.5 Å². The molecule has 2 saturated carbocycles. The van der Waals surface area contributed by atoms with Crippen molar-refractivity contribution in [2.75, 3.05) is 26.7 Å². The number of aromatic nitrogens is 2. The number of piperidine rings is 1. The molecule has 0 radical (unpaired) electrons. The fraction of sp³-hybridized carbons (Fsp3) is 0.545. The number of halogens is 3. The van der Waals surface area contributed by atoms with Crippen LogP contribution in [0.4, 0.5) is 13.2 Å². The second kappa shape index (κ2) is 17.1. The molecule has 4 fully saturated rings. The van der Waals surface area contributed by atoms with Crippen LogP contribution in [0.15, 0.2) is 55.4 Å². The third-order valence-electron chi connectivity index (χ3n) is 12.8. The molecule has 2 aliphatic heterocycles. The first-order valence-electron chi connectivity index (χ1n) is 20.9. The van der Waals surface area contributed by atoms with E-state index in [1.165, 1.54) is 15.9 Å². The maximum absolute atomic E-state index is 15.0. The van der Waals surface area contributed by atoms with Crippen LogP contribution in [0.3, 0.4) is 0 Å². The quantitative estimate of drug-likeness (QED) is 0.168. The molecule has 0 spiro atoms. The summed E-state index contributed by atoms with van der Waals surface area (Å²) in [5.41, 5.74) is 0.149. The van der Waals surface area contributed by atoms with Gasteiger partial charge in [0.1, 0.15) is 29.2 Å². The van der Waals surface area contributed by atoms with Gasteiger partial charge in [-0.2, -0.15) is 13.2 Å². The van der Waals surface area contributed by atoms with E-state index in [9.17, 15) is 40.8 Å². The van der Waals surface area contributed by atoms with Crippen molar-refractivity contribution in [3.63, 3.8) is 0 Å². The number of alkyl halides is 3. The van der Waals surface area contributed by atoms with E-state index in [1.807, 2.05) is 19.1 Å². The van der Waals surface area contributed by atoms with E-state index in [-0.39, 0.29) is 51.7 Å². The van der Waals surface area contributed by atoms with Gasteiger partial charge in [-0.3, -0.25) is 24.2 Å². The van der Waals surface area contributed by atoms with Crippen molar-refractivity contribution in [3.8, 4) is 22.8 Å². The van der Waals surface area contributed by atoms with Crippen LogP contribution in [-0.2, 0) is 30.1 Å². The van der Waals surface area contributed by atoms with Gasteiger partial charge in [-0.05, 0) is 68.7 Å². The monoisotopic (exact) mass is 882 g/mol. The number of benzene rings is 1. The summed E-state index contributed by atoms with van der Waals surface area (Å²) in [4.78, 5) is 69.3. The van der Waals surface area contributed by atoms with Gasteiger partial charge in [0, 0.05) is 72.9 Å². The molecule has 1 aromatic carbocycles. The first-order chi connectivity index (χ1) is 29.3. The number of fused-ring (bicyclic) bond motifs is 1. The van der Waals surface area contributed by atoms with Crippen LogP contribution in [0.1, 0.15) is 71.3 Å². The van der Waals surface area contributed by atoms with E-state index in [4.69, 9.17) is 14.5 Å². The molecule has 7 rings (SSSR count). The number of nitrogens with zero attached hydrogens (tertiary/aromatic N) is 5. The fourth-order valence-corrected chi connectivity index (χ4v) is 9.68. The molecular formula is C44H53F3N6O8S. The van der Waals surface area contributed by atoms with Gasteiger partial charge in [-0.25, -0.2) is 17.7 Å². The normalized spacial score (nSPS) is 23.5. The lowest BCUT2D eigenvalue weighted by Crippen LogP contribution is -2.57. The van der Waals surface area contributed by atoms with Gasteiger partial charge in [-0.1, -0.05) is 26.8 Å². The van der Waals surface area contributed by atoms with Crippen LogP contribution in [-0.4, -0.2) is 113 Å². The fourth-order valence-electron chi connectivity index (χ4n) is 8.85. The summed E-state index contributed by atoms with van der Waals surface area (Å²) in [7, 11) is -1.74. The Balaban J connectivity index is 1.22. The van der Waals surface area contributed by atoms with E-state index in [0.29, 0.717) is 46.5 Å². The summed E-state index contributed by atoms with van der Waals surface area (Å²) in [5.74, 6) is -4.55. The largest absolute Gasteiger partial charge is 0.496 e. The number of methoxy groups -OCH3 is 1. The number of aryl methyl sites for hydroxylation is 1. The Morgan fingerprint density at radius 3 is 2.35 bits per heavy atom. The third kappa shape index (κ3) is 8.97. The number of thiol groups is 1. The first kappa shape index (κ1) is 44.8. The van der Waals surface area contributed by atoms with E-state index < -0.39 is 87.6 Å². The predicted molar refractivity (Wildman–Crippen MR) is 223 cm³/mol. The zero-order valence-electron chi connectivity index (χ0n) is 35.4. The maximum atomic E-state index is 15.0. The number of ether oxygens (including phenoxy) is 2. The minimum atomic E-state index is -4.37. The molecule has 2 saturated heterocycles. The molecule has 3 aromatic rings. The average molecular weight is 883 g/mol. The highest BCUT2D eigenvalue weighted by molar-refractivity contribution is 7.70. The average Bonchev–Trinajstić information content (AvgIpc) is 4.15. The van der Waals surface area contributed by atoms with Crippen molar-refractivity contribution in [2.45, 2.75) is 103 Å². The number of rotatable bonds is 13. The van der Waals surface area contributed by atoms with Crippen LogP contribution < -0.4 is 14.8 Å². The maximum Gasteiger partial charge on any atom is 0.391 e. The smallest absolute Gasteiger partial charge is 0.391 e. The van der Waals surface area contributed by atoms with Crippen molar-refractivity contribution >= 4 is 45.4 Å². The number of hydrogen-bond donors (Lipinski definition) is 2. The van der Waals surface area contributed by atoms with Crippen LogP contribution in [0.5, 0.6) is 11.5 Å². The highest BCUT2D eigenvalue weighted by atomic mass is 32.2. The van der Waals surface area contributed by atoms with Crippen molar-refractivity contribution in [1.29, 1.82) is 0 Å². The second-order valence-corrected chi connectivity index (χ2v) is 18.9. The zero-order valence-corrected chi connectivity index (χ0v) is 36.3. The molecule has 1 N–H and O–H groups in total. The van der Waals surface area contributed by atoms with Crippen LogP contribution in [0.25, 0.3) is 22.2 Å². The third-order valence-corrected chi connectivity index (χ3v) is 13.7. The van der Waals surface area contributed by atoms with Crippen molar-refractivity contribution in [1.82, 2.24) is 29.4 Å². The predicted octanol–water partition coefficient (Wildman–Crippen LogP) is 5.39. The van der Waals surface area contributed by atoms with Gasteiger partial charge in [0.2, 0.25) is 28.6 Å². The topological polar surface area (TPSA) is 168 Å². The Labute approximate surface area is 360 Å². The van der Waals surface area contributed by atoms with E-state index >= 15 is 0 Å². The van der Waals surface area contributed by atoms with Crippen LogP contribution in [0, 0.1) is 30.1 Å². The van der Waals surface area contributed by atoms with Gasteiger partial charge in [0.15, 0.2) is 0 Å². The Morgan fingerprint density at radius 2 is 1.79 bits per heavy atom. The summed E-state index contributed by atoms with van der Waals surface area (Å²) in [6.07, 6.45) is -0.0712. The van der Waals surface area contributed by atoms with Crippen molar-refractivity contribution < 1.29 is 50.2 Å². The van der Waals surface area contributed by atoms with E-state index in [0.717, 1.165) is 9.87 Å². The van der Waals surface area contributed by atoms with Crippen LogP contribution in [0.2, 0.25) is 0 Å². The second-order valence-electron chi connectivity index (χ2n) is 18.0. The molecule has 4 heterocycles.